The zero-order valence-electron chi connectivity index (χ0n) is 10.8. The Balaban J connectivity index is 2.09. The summed E-state index contributed by atoms with van der Waals surface area (Å²) in [6, 6.07) is 0. The second-order valence-corrected chi connectivity index (χ2v) is 5.64. The molecule has 2 saturated carbocycles. The molecule has 2 aliphatic carbocycles. The number of ketones is 1. The van der Waals surface area contributed by atoms with Crippen LogP contribution in [0, 0.1) is 23.7 Å². The quantitative estimate of drug-likeness (QED) is 0.694. The van der Waals surface area contributed by atoms with Gasteiger partial charge in [-0.05, 0) is 37.5 Å². The van der Waals surface area contributed by atoms with E-state index in [4.69, 9.17) is 4.74 Å². The van der Waals surface area contributed by atoms with Crippen LogP contribution < -0.4 is 0 Å². The van der Waals surface area contributed by atoms with Gasteiger partial charge < -0.3 is 4.74 Å². The predicted molar refractivity (Wildman–Crippen MR) is 64.4 cm³/mol. The Morgan fingerprint density at radius 2 is 2.06 bits per heavy atom. The molecule has 0 saturated heterocycles. The van der Waals surface area contributed by atoms with Crippen LogP contribution in [-0.2, 0) is 14.3 Å². The van der Waals surface area contributed by atoms with Crippen molar-refractivity contribution in [2.24, 2.45) is 23.7 Å². The van der Waals surface area contributed by atoms with Gasteiger partial charge in [-0.3, -0.25) is 9.59 Å². The van der Waals surface area contributed by atoms with Gasteiger partial charge in [-0.2, -0.15) is 0 Å². The number of methoxy groups -OCH3 is 1. The lowest BCUT2D eigenvalue weighted by molar-refractivity contribution is -0.145. The molecule has 17 heavy (non-hydrogen) atoms. The van der Waals surface area contributed by atoms with Gasteiger partial charge in [-0.25, -0.2) is 0 Å². The topological polar surface area (TPSA) is 43.4 Å². The molecule has 0 N–H and O–H groups in total. The van der Waals surface area contributed by atoms with E-state index in [-0.39, 0.29) is 23.7 Å². The molecule has 3 heteroatoms. The number of Topliss-reactive ketones (excluding diaryl/α,β-unsaturated/α-hetero) is 1. The lowest BCUT2D eigenvalue weighted by atomic mass is 9.62. The maximum absolute atomic E-state index is 12.3. The molecule has 0 aromatic heterocycles. The molecule has 0 aromatic carbocycles. The predicted octanol–water partition coefficient (Wildman–Crippen LogP) is 2.58. The lowest BCUT2D eigenvalue weighted by Gasteiger charge is -2.41. The van der Waals surface area contributed by atoms with Crippen molar-refractivity contribution in [2.45, 2.75) is 45.4 Å². The highest BCUT2D eigenvalue weighted by molar-refractivity contribution is 5.85. The van der Waals surface area contributed by atoms with Crippen molar-refractivity contribution in [1.82, 2.24) is 0 Å². The number of ether oxygens (including phenoxy) is 1. The molecule has 0 spiro atoms. The molecule has 0 aliphatic heterocycles. The zero-order valence-corrected chi connectivity index (χ0v) is 10.8. The summed E-state index contributed by atoms with van der Waals surface area (Å²) in [4.78, 5) is 23.7. The van der Waals surface area contributed by atoms with Crippen molar-refractivity contribution >= 4 is 11.8 Å². The average molecular weight is 238 g/mol. The summed E-state index contributed by atoms with van der Waals surface area (Å²) < 4.78 is 4.74. The zero-order chi connectivity index (χ0) is 12.4. The Morgan fingerprint density at radius 1 is 1.29 bits per heavy atom. The van der Waals surface area contributed by atoms with Crippen LogP contribution in [0.2, 0.25) is 0 Å². The largest absolute Gasteiger partial charge is 0.469 e. The highest BCUT2D eigenvalue weighted by Crippen LogP contribution is 2.44. The molecule has 0 amide bonds. The maximum atomic E-state index is 12.3. The second-order valence-electron chi connectivity index (χ2n) is 5.64. The van der Waals surface area contributed by atoms with Gasteiger partial charge in [-0.15, -0.1) is 0 Å². The van der Waals surface area contributed by atoms with E-state index >= 15 is 0 Å². The smallest absolute Gasteiger partial charge is 0.305 e. The molecule has 3 nitrogen and oxygen atoms in total. The number of esters is 1. The molecule has 0 heterocycles. The van der Waals surface area contributed by atoms with Gasteiger partial charge in [0.25, 0.3) is 0 Å². The Labute approximate surface area is 103 Å². The monoisotopic (exact) mass is 238 g/mol. The molecule has 0 aromatic rings. The molecule has 96 valence electrons. The molecule has 4 atom stereocenters. The molecule has 2 fully saturated rings. The number of hydrogen-bond donors (Lipinski definition) is 0. The molecule has 0 unspecified atom stereocenters. The van der Waals surface area contributed by atoms with Crippen LogP contribution in [-0.4, -0.2) is 18.9 Å². The molecule has 0 radical (unpaired) electrons. The van der Waals surface area contributed by atoms with Gasteiger partial charge in [0.15, 0.2) is 0 Å². The molecule has 0 bridgehead atoms. The third kappa shape index (κ3) is 2.53. The van der Waals surface area contributed by atoms with E-state index in [9.17, 15) is 9.59 Å². The summed E-state index contributed by atoms with van der Waals surface area (Å²) in [5, 5.41) is 0. The first-order valence-corrected chi connectivity index (χ1v) is 6.74. The molecular weight excluding hydrogens is 216 g/mol. The number of carbonyl (C=O) groups excluding carboxylic acids is 2. The fourth-order valence-corrected chi connectivity index (χ4v) is 3.64. The normalized spacial score (nSPS) is 37.4. The number of fused-ring (bicyclic) bond motifs is 1. The van der Waals surface area contributed by atoms with Gasteiger partial charge in [-0.1, -0.05) is 13.3 Å². The van der Waals surface area contributed by atoms with Crippen LogP contribution in [0.25, 0.3) is 0 Å². The Kier molecular flexibility index (Phi) is 3.85. The van der Waals surface area contributed by atoms with Crippen molar-refractivity contribution in [2.75, 3.05) is 7.11 Å². The summed E-state index contributed by atoms with van der Waals surface area (Å²) in [7, 11) is 1.42. The van der Waals surface area contributed by atoms with Crippen LogP contribution in [0.4, 0.5) is 0 Å². The van der Waals surface area contributed by atoms with Gasteiger partial charge in [0, 0.05) is 18.3 Å². The van der Waals surface area contributed by atoms with Gasteiger partial charge in [0.05, 0.1) is 7.11 Å². The first-order chi connectivity index (χ1) is 8.13. The first kappa shape index (κ1) is 12.6. The molecular formula is C14H22O3. The van der Waals surface area contributed by atoms with Gasteiger partial charge in [0.2, 0.25) is 0 Å². The van der Waals surface area contributed by atoms with Crippen LogP contribution >= 0.6 is 0 Å². The fourth-order valence-electron chi connectivity index (χ4n) is 3.64. The third-order valence-electron chi connectivity index (χ3n) is 4.61. The van der Waals surface area contributed by atoms with Crippen LogP contribution in [0.1, 0.15) is 45.4 Å². The lowest BCUT2D eigenvalue weighted by Crippen LogP contribution is -2.42. The number of rotatable bonds is 2. The third-order valence-corrected chi connectivity index (χ3v) is 4.61. The number of carbonyl (C=O) groups is 2. The van der Waals surface area contributed by atoms with E-state index in [2.05, 4.69) is 0 Å². The van der Waals surface area contributed by atoms with Crippen molar-refractivity contribution in [3.8, 4) is 0 Å². The summed E-state index contributed by atoms with van der Waals surface area (Å²) in [5.41, 5.74) is 0. The van der Waals surface area contributed by atoms with E-state index < -0.39 is 0 Å². The number of hydrogen-bond acceptors (Lipinski definition) is 3. The minimum atomic E-state index is -0.165. The van der Waals surface area contributed by atoms with Gasteiger partial charge in [0.1, 0.15) is 5.78 Å². The summed E-state index contributed by atoms with van der Waals surface area (Å²) in [6.45, 7) is 2.03. The minimum absolute atomic E-state index is 0.131. The van der Waals surface area contributed by atoms with E-state index in [1.807, 2.05) is 6.92 Å². The van der Waals surface area contributed by atoms with E-state index in [0.717, 1.165) is 25.7 Å². The standard InChI is InChI=1S/C14H22O3/c1-9-6-7-10-4-3-5-11(8-12(15)17-2)13(10)14(9)16/h9-11,13H,3-8H2,1-2H3/t9-,10-,11+,13-/m1/s1. The van der Waals surface area contributed by atoms with Crippen molar-refractivity contribution in [3.63, 3.8) is 0 Å². The maximum Gasteiger partial charge on any atom is 0.305 e. The summed E-state index contributed by atoms with van der Waals surface area (Å²) in [6.07, 6.45) is 5.95. The Bertz CT molecular complexity index is 311. The summed E-state index contributed by atoms with van der Waals surface area (Å²) >= 11 is 0. The molecule has 2 aliphatic rings. The van der Waals surface area contributed by atoms with E-state index in [1.54, 1.807) is 0 Å². The SMILES string of the molecule is COC(=O)C[C@@H]1CCC[C@@H]2CC[C@@H](C)C(=O)[C@H]21. The van der Waals surface area contributed by atoms with Crippen molar-refractivity contribution in [3.05, 3.63) is 0 Å². The highest BCUT2D eigenvalue weighted by Gasteiger charge is 2.43. The van der Waals surface area contributed by atoms with E-state index in [0.29, 0.717) is 18.1 Å². The average Bonchev–Trinajstić information content (AvgIpc) is 2.34. The summed E-state index contributed by atoms with van der Waals surface area (Å²) in [5.74, 6) is 1.32. The first-order valence-electron chi connectivity index (χ1n) is 6.74. The fraction of sp³-hybridized carbons (Fsp3) is 0.857. The Hall–Kier alpha value is -0.860. The van der Waals surface area contributed by atoms with Crippen LogP contribution in [0.5, 0.6) is 0 Å². The van der Waals surface area contributed by atoms with Crippen LogP contribution in [0.15, 0.2) is 0 Å². The van der Waals surface area contributed by atoms with Crippen molar-refractivity contribution in [1.29, 1.82) is 0 Å². The highest BCUT2D eigenvalue weighted by atomic mass is 16.5. The minimum Gasteiger partial charge on any atom is -0.469 e. The van der Waals surface area contributed by atoms with Gasteiger partial charge >= 0.3 is 5.97 Å². The molecule has 2 rings (SSSR count). The van der Waals surface area contributed by atoms with E-state index in [1.165, 1.54) is 13.5 Å². The van der Waals surface area contributed by atoms with Crippen LogP contribution in [0.3, 0.4) is 0 Å². The second kappa shape index (κ2) is 5.19. The Morgan fingerprint density at radius 3 is 2.76 bits per heavy atom. The van der Waals surface area contributed by atoms with Crippen molar-refractivity contribution < 1.29 is 14.3 Å².